The van der Waals surface area contributed by atoms with Gasteiger partial charge in [-0.1, -0.05) is 47.7 Å². The molecule has 1 aromatic carbocycles. The summed E-state index contributed by atoms with van der Waals surface area (Å²) < 4.78 is 6.77. The van der Waals surface area contributed by atoms with Crippen LogP contribution < -0.4 is 4.90 Å². The Morgan fingerprint density at radius 2 is 1.85 bits per heavy atom. The van der Waals surface area contributed by atoms with E-state index in [9.17, 15) is 9.59 Å². The number of benzene rings is 1. The summed E-state index contributed by atoms with van der Waals surface area (Å²) >= 11 is 1.15. The average Bonchev–Trinajstić information content (AvgIpc) is 3.41. The normalized spacial score (nSPS) is 10.8. The van der Waals surface area contributed by atoms with Crippen LogP contribution >= 0.6 is 11.3 Å². The van der Waals surface area contributed by atoms with Crippen LogP contribution in [0.5, 0.6) is 0 Å². The van der Waals surface area contributed by atoms with Crippen LogP contribution in [0.3, 0.4) is 0 Å². The summed E-state index contributed by atoms with van der Waals surface area (Å²) in [6, 6.07) is 15.1. The van der Waals surface area contributed by atoms with Gasteiger partial charge in [-0.3, -0.25) is 9.69 Å². The van der Waals surface area contributed by atoms with Crippen molar-refractivity contribution in [3.05, 3.63) is 88.3 Å². The molecule has 0 N–H and O–H groups in total. The first-order valence-corrected chi connectivity index (χ1v) is 11.3. The number of anilines is 1. The number of esters is 1. The van der Waals surface area contributed by atoms with Gasteiger partial charge in [-0.25, -0.2) is 19.4 Å². The van der Waals surface area contributed by atoms with Gasteiger partial charge in [-0.2, -0.15) is 5.10 Å². The fourth-order valence-electron chi connectivity index (χ4n) is 3.35. The second-order valence-electron chi connectivity index (χ2n) is 7.25. The first-order valence-electron chi connectivity index (χ1n) is 10.5. The number of nitrogens with zero attached hydrogens (tertiary/aromatic N) is 5. The lowest BCUT2D eigenvalue weighted by molar-refractivity contribution is 0.0531. The molecule has 168 valence electrons. The summed E-state index contributed by atoms with van der Waals surface area (Å²) in [6.07, 6.45) is 3.21. The van der Waals surface area contributed by atoms with Crippen molar-refractivity contribution in [1.82, 2.24) is 19.7 Å². The van der Waals surface area contributed by atoms with Crippen LogP contribution in [-0.4, -0.2) is 38.2 Å². The number of amides is 1. The quantitative estimate of drug-likeness (QED) is 0.380. The highest BCUT2D eigenvalue weighted by Crippen LogP contribution is 2.30. The van der Waals surface area contributed by atoms with Gasteiger partial charge in [-0.15, -0.1) is 0 Å². The number of hydrogen-bond acceptors (Lipinski definition) is 7. The van der Waals surface area contributed by atoms with E-state index < -0.39 is 5.97 Å². The summed E-state index contributed by atoms with van der Waals surface area (Å²) in [5.74, 6) is -0.0777. The van der Waals surface area contributed by atoms with E-state index >= 15 is 0 Å². The zero-order valence-corrected chi connectivity index (χ0v) is 19.4. The van der Waals surface area contributed by atoms with E-state index in [0.717, 1.165) is 16.9 Å². The lowest BCUT2D eigenvalue weighted by Crippen LogP contribution is -2.30. The number of carbonyl (C=O) groups excluding carboxylic acids is 2. The molecule has 8 nitrogen and oxygen atoms in total. The Labute approximate surface area is 195 Å². The third-order valence-electron chi connectivity index (χ3n) is 5.01. The van der Waals surface area contributed by atoms with Gasteiger partial charge in [0, 0.05) is 6.20 Å². The summed E-state index contributed by atoms with van der Waals surface area (Å²) in [6.45, 7) is 5.88. The number of thiazole rings is 1. The molecule has 0 aliphatic rings. The molecule has 33 heavy (non-hydrogen) atoms. The summed E-state index contributed by atoms with van der Waals surface area (Å²) in [5.41, 5.74) is 2.56. The van der Waals surface area contributed by atoms with Crippen LogP contribution in [0.1, 0.15) is 43.9 Å². The van der Waals surface area contributed by atoms with Gasteiger partial charge in [0.2, 0.25) is 0 Å². The van der Waals surface area contributed by atoms with Gasteiger partial charge in [0.1, 0.15) is 4.88 Å². The van der Waals surface area contributed by atoms with E-state index in [1.807, 2.05) is 55.5 Å². The van der Waals surface area contributed by atoms with Gasteiger partial charge >= 0.3 is 5.97 Å². The van der Waals surface area contributed by atoms with E-state index in [1.165, 1.54) is 6.20 Å². The minimum atomic E-state index is -0.440. The van der Waals surface area contributed by atoms with Crippen molar-refractivity contribution in [2.24, 2.45) is 0 Å². The predicted octanol–water partition coefficient (Wildman–Crippen LogP) is 4.36. The lowest BCUT2D eigenvalue weighted by atomic mass is 10.2. The number of rotatable bonds is 7. The topological polar surface area (TPSA) is 90.2 Å². The molecule has 1 amide bonds. The first-order chi connectivity index (χ1) is 16.0. The molecule has 0 unspecified atom stereocenters. The number of aromatic nitrogens is 4. The van der Waals surface area contributed by atoms with Crippen molar-refractivity contribution in [2.45, 2.75) is 27.3 Å². The number of pyridine rings is 1. The second-order valence-corrected chi connectivity index (χ2v) is 8.23. The van der Waals surface area contributed by atoms with Crippen LogP contribution in [-0.2, 0) is 11.3 Å². The Kier molecular flexibility index (Phi) is 6.60. The Morgan fingerprint density at radius 1 is 1.09 bits per heavy atom. The number of hydrogen-bond donors (Lipinski definition) is 0. The molecule has 3 heterocycles. The molecule has 0 aliphatic heterocycles. The van der Waals surface area contributed by atoms with Crippen LogP contribution in [0.2, 0.25) is 0 Å². The molecule has 3 aromatic heterocycles. The fraction of sp³-hybridized carbons (Fsp3) is 0.208. The highest BCUT2D eigenvalue weighted by atomic mass is 32.1. The van der Waals surface area contributed by atoms with Crippen molar-refractivity contribution in [3.63, 3.8) is 0 Å². The monoisotopic (exact) mass is 461 g/mol. The first kappa shape index (κ1) is 22.3. The SMILES string of the molecule is CCOC(=O)c1sc(N(Cc2ccccc2)C(=O)c2cnn(-c3ccccn3)c2C)nc1C. The molecule has 9 heteroatoms. The molecule has 0 bridgehead atoms. The van der Waals surface area contributed by atoms with Crippen molar-refractivity contribution >= 4 is 28.3 Å². The molecule has 4 rings (SSSR count). The Morgan fingerprint density at radius 3 is 2.55 bits per heavy atom. The van der Waals surface area contributed by atoms with Crippen molar-refractivity contribution in [1.29, 1.82) is 0 Å². The van der Waals surface area contributed by atoms with Gasteiger partial charge in [0.25, 0.3) is 5.91 Å². The maximum absolute atomic E-state index is 13.7. The van der Waals surface area contributed by atoms with Crippen molar-refractivity contribution < 1.29 is 14.3 Å². The minimum absolute atomic E-state index is 0.261. The molecular weight excluding hydrogens is 438 g/mol. The lowest BCUT2D eigenvalue weighted by Gasteiger charge is -2.20. The van der Waals surface area contributed by atoms with E-state index in [-0.39, 0.29) is 12.5 Å². The van der Waals surface area contributed by atoms with Crippen LogP contribution in [0, 0.1) is 13.8 Å². The van der Waals surface area contributed by atoms with Gasteiger partial charge in [0.15, 0.2) is 10.9 Å². The molecule has 0 aliphatic carbocycles. The molecule has 0 saturated heterocycles. The maximum Gasteiger partial charge on any atom is 0.350 e. The molecule has 0 saturated carbocycles. The van der Waals surface area contributed by atoms with E-state index in [0.29, 0.717) is 39.3 Å². The Hall–Kier alpha value is -3.85. The maximum atomic E-state index is 13.7. The van der Waals surface area contributed by atoms with Gasteiger partial charge < -0.3 is 4.74 Å². The summed E-state index contributed by atoms with van der Waals surface area (Å²) in [4.78, 5) is 36.9. The zero-order chi connectivity index (χ0) is 23.4. The average molecular weight is 462 g/mol. The molecular formula is C24H23N5O3S. The van der Waals surface area contributed by atoms with Gasteiger partial charge in [0.05, 0.1) is 36.3 Å². The fourth-order valence-corrected chi connectivity index (χ4v) is 4.31. The van der Waals surface area contributed by atoms with E-state index in [2.05, 4.69) is 15.1 Å². The third kappa shape index (κ3) is 4.68. The number of aryl methyl sites for hydroxylation is 1. The van der Waals surface area contributed by atoms with Crippen molar-refractivity contribution in [2.75, 3.05) is 11.5 Å². The van der Waals surface area contributed by atoms with Crippen LogP contribution in [0.4, 0.5) is 5.13 Å². The third-order valence-corrected chi connectivity index (χ3v) is 6.17. The largest absolute Gasteiger partial charge is 0.462 e. The molecule has 0 radical (unpaired) electrons. The van der Waals surface area contributed by atoms with Crippen LogP contribution in [0.15, 0.2) is 60.9 Å². The Balaban J connectivity index is 1.73. The van der Waals surface area contributed by atoms with E-state index in [1.54, 1.807) is 29.6 Å². The minimum Gasteiger partial charge on any atom is -0.462 e. The standard InChI is InChI=1S/C24H23N5O3S/c1-4-32-23(31)21-16(2)27-24(33-21)28(15-18-10-6-5-7-11-18)22(30)19-14-26-29(17(19)3)20-12-8-9-13-25-20/h5-14H,4,15H2,1-3H3. The van der Waals surface area contributed by atoms with E-state index in [4.69, 9.17) is 4.74 Å². The summed E-state index contributed by atoms with van der Waals surface area (Å²) in [7, 11) is 0. The predicted molar refractivity (Wildman–Crippen MR) is 126 cm³/mol. The Bertz CT molecular complexity index is 1270. The number of ether oxygens (including phenoxy) is 1. The highest BCUT2D eigenvalue weighted by molar-refractivity contribution is 7.17. The van der Waals surface area contributed by atoms with Gasteiger partial charge in [-0.05, 0) is 38.5 Å². The second kappa shape index (κ2) is 9.74. The van der Waals surface area contributed by atoms with Crippen molar-refractivity contribution in [3.8, 4) is 5.82 Å². The zero-order valence-electron chi connectivity index (χ0n) is 18.6. The summed E-state index contributed by atoms with van der Waals surface area (Å²) in [5, 5.41) is 4.81. The molecule has 0 atom stereocenters. The smallest absolute Gasteiger partial charge is 0.350 e. The molecule has 0 fully saturated rings. The molecule has 4 aromatic rings. The molecule has 0 spiro atoms. The number of carbonyl (C=O) groups is 2. The highest BCUT2D eigenvalue weighted by Gasteiger charge is 2.27. The van der Waals surface area contributed by atoms with Crippen LogP contribution in [0.25, 0.3) is 5.82 Å².